The highest BCUT2D eigenvalue weighted by molar-refractivity contribution is 6.34. The van der Waals surface area contributed by atoms with E-state index in [1.54, 1.807) is 12.3 Å². The van der Waals surface area contributed by atoms with Gasteiger partial charge < -0.3 is 5.32 Å². The van der Waals surface area contributed by atoms with Crippen LogP contribution >= 0.6 is 11.6 Å². The molecule has 2 N–H and O–H groups in total. The number of hydrogen-bond acceptors (Lipinski definition) is 4. The number of aromatic amines is 1. The zero-order valence-corrected chi connectivity index (χ0v) is 11.2. The molecule has 1 aromatic carbocycles. The summed E-state index contributed by atoms with van der Waals surface area (Å²) in [5.41, 5.74) is 1.54. The quantitative estimate of drug-likeness (QED) is 0.776. The second-order valence-electron chi connectivity index (χ2n) is 4.28. The van der Waals surface area contributed by atoms with Gasteiger partial charge in [0.1, 0.15) is 0 Å². The number of nitrogens with one attached hydrogen (secondary N) is 2. The van der Waals surface area contributed by atoms with Crippen molar-refractivity contribution in [2.24, 2.45) is 0 Å². The Morgan fingerprint density at radius 2 is 2.10 bits per heavy atom. The van der Waals surface area contributed by atoms with Gasteiger partial charge in [-0.15, -0.1) is 0 Å². The Kier molecular flexibility index (Phi) is 3.35. The van der Waals surface area contributed by atoms with E-state index in [0.29, 0.717) is 17.3 Å². The molecule has 0 aliphatic rings. The van der Waals surface area contributed by atoms with Crippen LogP contribution in [0.2, 0.25) is 5.15 Å². The van der Waals surface area contributed by atoms with E-state index in [-0.39, 0.29) is 10.7 Å². The number of pyridine rings is 1. The highest BCUT2D eigenvalue weighted by Gasteiger charge is 2.05. The molecule has 0 unspecified atom stereocenters. The predicted octanol–water partition coefficient (Wildman–Crippen LogP) is 2.58. The molecular formula is C14H11ClN4O. The number of nitrogens with zero attached hydrogens (tertiary/aromatic N) is 2. The molecule has 20 heavy (non-hydrogen) atoms. The van der Waals surface area contributed by atoms with Crippen molar-refractivity contribution in [3.05, 3.63) is 63.8 Å². The average molecular weight is 287 g/mol. The molecule has 0 aliphatic heterocycles. The molecule has 0 radical (unpaired) electrons. The maximum atomic E-state index is 11.6. The highest BCUT2D eigenvalue weighted by atomic mass is 35.5. The van der Waals surface area contributed by atoms with Gasteiger partial charge in [0.05, 0.1) is 17.6 Å². The summed E-state index contributed by atoms with van der Waals surface area (Å²) in [6.45, 7) is 0.598. The maximum absolute atomic E-state index is 11.6. The molecule has 0 saturated carbocycles. The number of fused-ring (bicyclic) bond motifs is 1. The molecule has 0 bridgehead atoms. The molecule has 0 fully saturated rings. The lowest BCUT2D eigenvalue weighted by atomic mass is 10.2. The van der Waals surface area contributed by atoms with Crippen molar-refractivity contribution in [1.29, 1.82) is 0 Å². The van der Waals surface area contributed by atoms with E-state index in [9.17, 15) is 4.79 Å². The van der Waals surface area contributed by atoms with E-state index in [1.807, 2.05) is 30.3 Å². The molecule has 2 aromatic heterocycles. The van der Waals surface area contributed by atoms with Crippen LogP contribution in [-0.2, 0) is 6.54 Å². The summed E-state index contributed by atoms with van der Waals surface area (Å²) in [5.74, 6) is 0. The minimum Gasteiger partial charge on any atom is -0.379 e. The smallest absolute Gasteiger partial charge is 0.272 e. The Hall–Kier alpha value is -2.40. The lowest BCUT2D eigenvalue weighted by Crippen LogP contribution is -2.09. The second-order valence-corrected chi connectivity index (χ2v) is 4.64. The van der Waals surface area contributed by atoms with Crippen molar-refractivity contribution >= 4 is 28.1 Å². The number of H-pyrrole nitrogens is 1. The van der Waals surface area contributed by atoms with E-state index in [2.05, 4.69) is 20.5 Å². The fourth-order valence-electron chi connectivity index (χ4n) is 1.94. The molecule has 0 saturated heterocycles. The number of halogens is 1. The summed E-state index contributed by atoms with van der Waals surface area (Å²) >= 11 is 6.00. The summed E-state index contributed by atoms with van der Waals surface area (Å²) in [6.07, 6.45) is 1.75. The van der Waals surface area contributed by atoms with Gasteiger partial charge in [-0.05, 0) is 30.3 Å². The van der Waals surface area contributed by atoms with Crippen LogP contribution in [0.25, 0.3) is 10.8 Å². The second kappa shape index (κ2) is 5.30. The molecule has 5 nitrogen and oxygen atoms in total. The van der Waals surface area contributed by atoms with Crippen LogP contribution in [0.5, 0.6) is 0 Å². The monoisotopic (exact) mass is 286 g/mol. The van der Waals surface area contributed by atoms with Crippen molar-refractivity contribution in [1.82, 2.24) is 15.2 Å². The fourth-order valence-corrected chi connectivity index (χ4v) is 2.14. The first-order chi connectivity index (χ1) is 9.74. The topological polar surface area (TPSA) is 70.7 Å². The van der Waals surface area contributed by atoms with E-state index in [1.165, 1.54) is 0 Å². The van der Waals surface area contributed by atoms with Crippen LogP contribution in [0.3, 0.4) is 0 Å². The minimum atomic E-state index is -0.249. The van der Waals surface area contributed by atoms with Crippen LogP contribution in [-0.4, -0.2) is 15.2 Å². The van der Waals surface area contributed by atoms with Crippen LogP contribution < -0.4 is 10.9 Å². The van der Waals surface area contributed by atoms with E-state index in [4.69, 9.17) is 11.6 Å². The molecule has 0 aliphatic carbocycles. The largest absolute Gasteiger partial charge is 0.379 e. The van der Waals surface area contributed by atoms with Crippen molar-refractivity contribution in [2.45, 2.75) is 6.54 Å². The Labute approximate surface area is 119 Å². The molecular weight excluding hydrogens is 276 g/mol. The third-order valence-corrected chi connectivity index (χ3v) is 3.23. The summed E-state index contributed by atoms with van der Waals surface area (Å²) in [7, 11) is 0. The minimum absolute atomic E-state index is 0.249. The Balaban J connectivity index is 1.90. The molecule has 3 rings (SSSR count). The van der Waals surface area contributed by atoms with Gasteiger partial charge in [-0.2, -0.15) is 5.10 Å². The summed E-state index contributed by atoms with van der Waals surface area (Å²) < 4.78 is 0. The van der Waals surface area contributed by atoms with Gasteiger partial charge in [-0.3, -0.25) is 9.78 Å². The van der Waals surface area contributed by atoms with Crippen LogP contribution in [0.15, 0.2) is 47.4 Å². The molecule has 100 valence electrons. The summed E-state index contributed by atoms with van der Waals surface area (Å²) in [4.78, 5) is 15.8. The zero-order chi connectivity index (χ0) is 13.9. The lowest BCUT2D eigenvalue weighted by Gasteiger charge is -2.07. The number of anilines is 1. The Morgan fingerprint density at radius 3 is 2.90 bits per heavy atom. The van der Waals surface area contributed by atoms with Crippen molar-refractivity contribution in [3.8, 4) is 0 Å². The Morgan fingerprint density at radius 1 is 1.20 bits per heavy atom. The van der Waals surface area contributed by atoms with Gasteiger partial charge in [-0.25, -0.2) is 5.10 Å². The van der Waals surface area contributed by atoms with Gasteiger partial charge >= 0.3 is 0 Å². The van der Waals surface area contributed by atoms with Crippen LogP contribution in [0.1, 0.15) is 5.69 Å². The third-order valence-electron chi connectivity index (χ3n) is 2.94. The number of benzene rings is 1. The number of rotatable bonds is 3. The van der Waals surface area contributed by atoms with Crippen molar-refractivity contribution in [2.75, 3.05) is 5.32 Å². The van der Waals surface area contributed by atoms with Gasteiger partial charge in [-0.1, -0.05) is 17.7 Å². The van der Waals surface area contributed by atoms with Gasteiger partial charge in [0, 0.05) is 17.3 Å². The van der Waals surface area contributed by atoms with E-state index >= 15 is 0 Å². The SMILES string of the molecule is O=c1[nH]nc(Cl)c2cc(NCc3ccccn3)ccc12. The molecule has 0 amide bonds. The first-order valence-electron chi connectivity index (χ1n) is 6.06. The van der Waals surface area contributed by atoms with Crippen molar-refractivity contribution in [3.63, 3.8) is 0 Å². The van der Waals surface area contributed by atoms with E-state index < -0.39 is 0 Å². The molecule has 6 heteroatoms. The number of hydrogen-bond donors (Lipinski definition) is 2. The molecule has 3 aromatic rings. The average Bonchev–Trinajstić information content (AvgIpc) is 2.50. The Bertz CT molecular complexity index is 801. The molecule has 0 spiro atoms. The standard InChI is InChI=1S/C14H11ClN4O/c15-13-12-7-9(4-5-11(12)14(20)19-18-13)17-8-10-3-1-2-6-16-10/h1-7,17H,8H2,(H,19,20). The maximum Gasteiger partial charge on any atom is 0.272 e. The summed E-state index contributed by atoms with van der Waals surface area (Å²) in [6, 6.07) is 11.1. The normalized spacial score (nSPS) is 10.7. The zero-order valence-electron chi connectivity index (χ0n) is 10.4. The predicted molar refractivity (Wildman–Crippen MR) is 78.9 cm³/mol. The van der Waals surface area contributed by atoms with Crippen LogP contribution in [0.4, 0.5) is 5.69 Å². The van der Waals surface area contributed by atoms with Gasteiger partial charge in [0.15, 0.2) is 5.15 Å². The lowest BCUT2D eigenvalue weighted by molar-refractivity contribution is 1.01. The first kappa shape index (κ1) is 12.6. The molecule has 2 heterocycles. The van der Waals surface area contributed by atoms with E-state index in [0.717, 1.165) is 11.4 Å². The van der Waals surface area contributed by atoms with Crippen molar-refractivity contribution < 1.29 is 0 Å². The van der Waals surface area contributed by atoms with Gasteiger partial charge in [0.25, 0.3) is 5.56 Å². The first-order valence-corrected chi connectivity index (χ1v) is 6.43. The van der Waals surface area contributed by atoms with Crippen LogP contribution in [0, 0.1) is 0 Å². The fraction of sp³-hybridized carbons (Fsp3) is 0.0714. The summed E-state index contributed by atoms with van der Waals surface area (Å²) in [5, 5.41) is 10.8. The third kappa shape index (κ3) is 2.48. The number of aromatic nitrogens is 3. The highest BCUT2D eigenvalue weighted by Crippen LogP contribution is 2.21. The molecule has 0 atom stereocenters. The van der Waals surface area contributed by atoms with Gasteiger partial charge in [0.2, 0.25) is 0 Å².